The molecule has 3 aromatic rings. The number of methoxy groups -OCH3 is 2. The van der Waals surface area contributed by atoms with Crippen LogP contribution in [0, 0.1) is 29.1 Å². The molecule has 4 aliphatic rings. The molecule has 4 fully saturated rings. The molecule has 1 saturated heterocycles. The lowest BCUT2D eigenvalue weighted by atomic mass is 9.45. The number of amides is 2. The van der Waals surface area contributed by atoms with Crippen LogP contribution in [0.1, 0.15) is 75.4 Å². The van der Waals surface area contributed by atoms with Crippen molar-refractivity contribution < 1.29 is 33.7 Å². The zero-order chi connectivity index (χ0) is 37.3. The topological polar surface area (TPSA) is 119 Å². The largest absolute Gasteiger partial charge is 0.497 e. The van der Waals surface area contributed by atoms with Crippen LogP contribution >= 0.6 is 0 Å². The van der Waals surface area contributed by atoms with Crippen molar-refractivity contribution in [3.05, 3.63) is 77.4 Å². The molecule has 2 amide bonds. The number of fused-ring (bicyclic) bond motifs is 2. The number of carbonyl (C=O) groups is 2. The minimum atomic E-state index is -0.757. The van der Waals surface area contributed by atoms with Crippen LogP contribution in [0.4, 0.5) is 0 Å². The van der Waals surface area contributed by atoms with Crippen LogP contribution < -0.4 is 24.8 Å². The molecule has 1 heterocycles. The van der Waals surface area contributed by atoms with Crippen LogP contribution in [0.15, 0.2) is 60.7 Å². The van der Waals surface area contributed by atoms with Gasteiger partial charge < -0.3 is 30.0 Å². The van der Waals surface area contributed by atoms with Crippen molar-refractivity contribution in [1.29, 1.82) is 0 Å². The summed E-state index contributed by atoms with van der Waals surface area (Å²) in [6.45, 7) is 11.2. The molecule has 0 spiro atoms. The Balaban J connectivity index is 1.31. The van der Waals surface area contributed by atoms with Crippen molar-refractivity contribution >= 4 is 11.8 Å². The summed E-state index contributed by atoms with van der Waals surface area (Å²) in [5, 5.41) is 18.9. The normalized spacial score (nSPS) is 26.9. The van der Waals surface area contributed by atoms with E-state index in [1.165, 1.54) is 6.42 Å². The molecule has 3 aliphatic carbocycles. The smallest absolute Gasteiger partial charge is 0.254 e. The lowest BCUT2D eigenvalue weighted by molar-refractivity contribution is -0.178. The second-order valence-corrected chi connectivity index (χ2v) is 15.4. The highest BCUT2D eigenvalue weighted by Gasteiger charge is 2.57. The Bertz CT molecular complexity index is 1740. The maximum atomic E-state index is 14.3. The van der Waals surface area contributed by atoms with Crippen molar-refractivity contribution in [2.24, 2.45) is 29.1 Å². The summed E-state index contributed by atoms with van der Waals surface area (Å²) in [6.07, 6.45) is 1.75. The van der Waals surface area contributed by atoms with Gasteiger partial charge in [-0.15, -0.1) is 0 Å². The number of carbonyl (C=O) groups excluding carboxylic acids is 2. The number of benzene rings is 3. The number of ether oxygens (including phenoxy) is 3. The fourth-order valence-electron chi connectivity index (χ4n) is 9.10. The fraction of sp³-hybridized carbons (Fsp3) is 0.524. The number of nitrogens with zero attached hydrogens (tertiary/aromatic N) is 1. The molecule has 3 aromatic carbocycles. The third kappa shape index (κ3) is 7.00. The van der Waals surface area contributed by atoms with Crippen LogP contribution in [0.25, 0.3) is 11.1 Å². The van der Waals surface area contributed by atoms with E-state index in [9.17, 15) is 14.7 Å². The summed E-state index contributed by atoms with van der Waals surface area (Å²) in [7, 11) is 4.83. The Morgan fingerprint density at radius 3 is 2.29 bits per heavy atom. The van der Waals surface area contributed by atoms with Crippen molar-refractivity contribution in [2.75, 3.05) is 21.3 Å². The summed E-state index contributed by atoms with van der Waals surface area (Å²) in [5.74, 6) is 2.50. The first-order valence-electron chi connectivity index (χ1n) is 18.6. The van der Waals surface area contributed by atoms with Gasteiger partial charge in [-0.3, -0.25) is 14.4 Å². The number of aliphatic hydroxyl groups excluding tert-OH is 1. The molecule has 3 saturated carbocycles. The Labute approximate surface area is 308 Å². The standard InChI is InChI=1S/C42H55N3O7/c1-9-35-36(25(3)46)37(41(48)44-34-21-28-20-33(24(34)2)42(28,4)5)45(52-35)22-27-12-10-13-30(38(27)50-8)31-14-11-15-32(40(47)43-6)39(31)51-23-26-16-18-29(49-7)19-17-26/h10-19,24-25,28,33-37,46H,9,20-23H2,1-8H3,(H,43,47)(H,44,48)/t24-,25-,28+,33+,34-,35-,36+,37-/m0/s1. The van der Waals surface area contributed by atoms with Crippen LogP contribution in [0.2, 0.25) is 0 Å². The van der Waals surface area contributed by atoms with Crippen molar-refractivity contribution in [1.82, 2.24) is 15.7 Å². The van der Waals surface area contributed by atoms with E-state index in [2.05, 4.69) is 31.4 Å². The lowest BCUT2D eigenvalue weighted by Crippen LogP contribution is -2.62. The molecule has 52 heavy (non-hydrogen) atoms. The van der Waals surface area contributed by atoms with Gasteiger partial charge in [0.05, 0.1) is 38.5 Å². The number of nitrogens with one attached hydrogen (secondary N) is 2. The van der Waals surface area contributed by atoms with E-state index in [4.69, 9.17) is 19.0 Å². The van der Waals surface area contributed by atoms with E-state index in [1.54, 1.807) is 39.3 Å². The predicted molar refractivity (Wildman–Crippen MR) is 200 cm³/mol. The minimum Gasteiger partial charge on any atom is -0.497 e. The number of hydrogen-bond donors (Lipinski definition) is 3. The highest BCUT2D eigenvalue weighted by Crippen LogP contribution is 2.61. The van der Waals surface area contributed by atoms with Crippen LogP contribution in [0.3, 0.4) is 0 Å². The third-order valence-electron chi connectivity index (χ3n) is 12.2. The third-order valence-corrected chi connectivity index (χ3v) is 12.2. The van der Waals surface area contributed by atoms with Gasteiger partial charge >= 0.3 is 0 Å². The van der Waals surface area contributed by atoms with E-state index in [-0.39, 0.29) is 37.1 Å². The van der Waals surface area contributed by atoms with Crippen molar-refractivity contribution in [2.45, 2.75) is 91.3 Å². The molecule has 2 bridgehead atoms. The average molecular weight is 714 g/mol. The molecular formula is C42H55N3O7. The summed E-state index contributed by atoms with van der Waals surface area (Å²) in [5.41, 5.74) is 3.82. The molecule has 280 valence electrons. The van der Waals surface area contributed by atoms with Gasteiger partial charge in [-0.25, -0.2) is 0 Å². The lowest BCUT2D eigenvalue weighted by Gasteiger charge is -2.62. The van der Waals surface area contributed by atoms with Gasteiger partial charge in [0.15, 0.2) is 0 Å². The van der Waals surface area contributed by atoms with Crippen LogP contribution in [0.5, 0.6) is 17.2 Å². The summed E-state index contributed by atoms with van der Waals surface area (Å²) in [6, 6.07) is 18.3. The van der Waals surface area contributed by atoms with Gasteiger partial charge in [-0.1, -0.05) is 70.2 Å². The summed E-state index contributed by atoms with van der Waals surface area (Å²) < 4.78 is 17.8. The molecule has 1 aliphatic heterocycles. The molecular weight excluding hydrogens is 658 g/mol. The fourth-order valence-corrected chi connectivity index (χ4v) is 9.10. The van der Waals surface area contributed by atoms with Gasteiger partial charge in [0.25, 0.3) is 5.91 Å². The summed E-state index contributed by atoms with van der Waals surface area (Å²) >= 11 is 0. The Morgan fingerprint density at radius 1 is 1.00 bits per heavy atom. The van der Waals surface area contributed by atoms with Gasteiger partial charge in [0.1, 0.15) is 29.9 Å². The van der Waals surface area contributed by atoms with Crippen molar-refractivity contribution in [3.8, 4) is 28.4 Å². The van der Waals surface area contributed by atoms with E-state index < -0.39 is 18.1 Å². The second kappa shape index (κ2) is 15.5. The first kappa shape index (κ1) is 37.6. The number of hydrogen-bond acceptors (Lipinski definition) is 8. The van der Waals surface area contributed by atoms with Crippen molar-refractivity contribution in [3.63, 3.8) is 0 Å². The number of rotatable bonds is 13. The zero-order valence-corrected chi connectivity index (χ0v) is 31.8. The molecule has 3 N–H and O–H groups in total. The monoisotopic (exact) mass is 713 g/mol. The van der Waals surface area contributed by atoms with Gasteiger partial charge in [0.2, 0.25) is 5.91 Å². The zero-order valence-electron chi connectivity index (χ0n) is 31.8. The number of aliphatic hydroxyl groups is 1. The molecule has 0 unspecified atom stereocenters. The number of para-hydroxylation sites is 2. The second-order valence-electron chi connectivity index (χ2n) is 15.4. The predicted octanol–water partition coefficient (Wildman–Crippen LogP) is 6.39. The molecule has 7 rings (SSSR count). The number of hydroxylamine groups is 2. The van der Waals surface area contributed by atoms with Gasteiger partial charge in [-0.2, -0.15) is 5.06 Å². The highest BCUT2D eigenvalue weighted by atomic mass is 16.7. The van der Waals surface area contributed by atoms with E-state index in [0.717, 1.165) is 28.9 Å². The average Bonchev–Trinajstić information content (AvgIpc) is 3.52. The molecule has 8 atom stereocenters. The molecule has 0 radical (unpaired) electrons. The minimum absolute atomic E-state index is 0.0863. The Kier molecular flexibility index (Phi) is 11.2. The molecule has 0 aromatic heterocycles. The quantitative estimate of drug-likeness (QED) is 0.187. The first-order chi connectivity index (χ1) is 24.9. The van der Waals surface area contributed by atoms with Crippen LogP contribution in [-0.4, -0.2) is 67.5 Å². The van der Waals surface area contributed by atoms with Gasteiger partial charge in [-0.05, 0) is 73.1 Å². The van der Waals surface area contributed by atoms with Gasteiger partial charge in [0, 0.05) is 35.7 Å². The molecule has 10 heteroatoms. The SMILES string of the molecule is CC[C@@H]1ON(Cc2cccc(-c3cccc(C(=O)NC)c3OCc3ccc(OC)cc3)c2OC)[C@H](C(=O)N[C@H]2C[C@H]3C[C@H]([C@@H]2C)C3(C)C)[C@@H]1[C@H](C)O. The maximum Gasteiger partial charge on any atom is 0.254 e. The van der Waals surface area contributed by atoms with E-state index in [0.29, 0.717) is 52.2 Å². The maximum absolute atomic E-state index is 14.3. The molecule has 10 nitrogen and oxygen atoms in total. The van der Waals surface area contributed by atoms with E-state index >= 15 is 0 Å². The summed E-state index contributed by atoms with van der Waals surface area (Å²) in [4.78, 5) is 33.9. The Morgan fingerprint density at radius 2 is 1.69 bits per heavy atom. The Hall–Kier alpha value is -4.12. The van der Waals surface area contributed by atoms with Crippen LogP contribution in [-0.2, 0) is 22.8 Å². The van der Waals surface area contributed by atoms with E-state index in [1.807, 2.05) is 61.5 Å². The highest BCUT2D eigenvalue weighted by molar-refractivity contribution is 5.99. The first-order valence-corrected chi connectivity index (χ1v) is 18.6.